The molecule has 4 N–H and O–H groups in total. The number of β-amino-alcohol motifs (C(OH)–C–C–N with tert-alkyl or cyclic N) is 1. The summed E-state index contributed by atoms with van der Waals surface area (Å²) < 4.78 is 15.8. The van der Waals surface area contributed by atoms with Crippen LogP contribution in [0.25, 0.3) is 10.7 Å². The number of ether oxygens (including phenoxy) is 2. The molecule has 0 radical (unpaired) electrons. The van der Waals surface area contributed by atoms with Gasteiger partial charge in [-0.25, -0.2) is 9.97 Å². The number of hydrogen-bond acceptors (Lipinski definition) is 13. The van der Waals surface area contributed by atoms with Gasteiger partial charge >= 0.3 is 0 Å². The molecule has 6 heterocycles. The number of rotatable bonds is 15. The van der Waals surface area contributed by atoms with Crippen LogP contribution in [0.5, 0.6) is 11.6 Å². The smallest absolute Gasteiger partial charge is 0.258 e. The Bertz CT molecular complexity index is 3050. The summed E-state index contributed by atoms with van der Waals surface area (Å²) in [6.07, 6.45) is 5.27. The van der Waals surface area contributed by atoms with E-state index in [-0.39, 0.29) is 43.5 Å². The van der Waals surface area contributed by atoms with Crippen LogP contribution in [0.15, 0.2) is 84.2 Å². The van der Waals surface area contributed by atoms with Gasteiger partial charge in [0.25, 0.3) is 5.91 Å². The Hall–Kier alpha value is -6.96. The van der Waals surface area contributed by atoms with Crippen molar-refractivity contribution in [1.29, 1.82) is 0 Å². The number of pyridine rings is 1. The van der Waals surface area contributed by atoms with Gasteiger partial charge in [-0.2, -0.15) is 0 Å². The number of imidazole rings is 1. The minimum Gasteiger partial charge on any atom is -0.482 e. The molecule has 1 saturated heterocycles. The van der Waals surface area contributed by atoms with E-state index >= 15 is 0 Å². The number of aliphatic imine (C=N–C) groups is 1. The largest absolute Gasteiger partial charge is 0.482 e. The molecule has 0 spiro atoms. The number of thiophene rings is 1. The highest BCUT2D eigenvalue weighted by Gasteiger charge is 2.45. The number of aryl methyl sites for hydroxylation is 3. The van der Waals surface area contributed by atoms with Crippen LogP contribution in [0.4, 0.5) is 0 Å². The second-order valence-corrected chi connectivity index (χ2v) is 21.8. The highest BCUT2D eigenvalue weighted by atomic mass is 35.5. The maximum atomic E-state index is 14.2. The Morgan fingerprint density at radius 2 is 1.64 bits per heavy atom. The van der Waals surface area contributed by atoms with E-state index in [1.165, 1.54) is 11.1 Å². The number of nitrogens with one attached hydrogen (secondary N) is 3. The zero-order valence-electron chi connectivity index (χ0n) is 42.1. The third kappa shape index (κ3) is 11.0. The summed E-state index contributed by atoms with van der Waals surface area (Å²) in [5, 5.41) is 30.2. The van der Waals surface area contributed by atoms with Gasteiger partial charge in [0.15, 0.2) is 12.4 Å². The molecule has 5 atom stereocenters. The molecule has 4 amide bonds. The number of amides is 4. The second-order valence-electron chi connectivity index (χ2n) is 20.1. The average Bonchev–Trinajstić information content (AvgIpc) is 4.11. The summed E-state index contributed by atoms with van der Waals surface area (Å²) in [7, 11) is 0. The summed E-state index contributed by atoms with van der Waals surface area (Å²) in [4.78, 5) is 71.3. The molecule has 1 aliphatic carbocycles. The van der Waals surface area contributed by atoms with Crippen LogP contribution in [0.3, 0.4) is 0 Å². The number of aliphatic hydroxyl groups is 1. The quantitative estimate of drug-likeness (QED) is 0.0864. The number of carbonyl (C=O) groups is 4. The van der Waals surface area contributed by atoms with Crippen molar-refractivity contribution in [3.8, 4) is 22.3 Å². The Kier molecular flexibility index (Phi) is 14.6. The Labute approximate surface area is 432 Å². The van der Waals surface area contributed by atoms with Crippen molar-refractivity contribution in [2.45, 2.75) is 123 Å². The van der Waals surface area contributed by atoms with Gasteiger partial charge in [-0.3, -0.25) is 28.7 Å². The van der Waals surface area contributed by atoms with Crippen molar-refractivity contribution in [3.05, 3.63) is 129 Å². The molecular formula is C53H60ClN11O7S. The number of likely N-dealkylation sites (tertiary alicyclic amines) is 1. The van der Waals surface area contributed by atoms with Gasteiger partial charge in [0, 0.05) is 77.0 Å². The molecule has 1 saturated carbocycles. The van der Waals surface area contributed by atoms with Crippen molar-refractivity contribution < 1.29 is 33.8 Å². The Balaban J connectivity index is 0.750. The van der Waals surface area contributed by atoms with E-state index in [0.29, 0.717) is 35.3 Å². The number of aromatic nitrogens is 6. The molecule has 382 valence electrons. The molecule has 0 bridgehead atoms. The predicted octanol–water partition coefficient (Wildman–Crippen LogP) is 6.55. The third-order valence-corrected chi connectivity index (χ3v) is 15.1. The van der Waals surface area contributed by atoms with Crippen molar-refractivity contribution in [1.82, 2.24) is 50.1 Å². The number of fused-ring (bicyclic) bond motifs is 3. The standard InChI is InChI=1S/C53H60ClN11O7S/c1-28-30(3)73-52-46(28)47(34-9-13-35(54)14-10-34)59-41(49-62-61-32(5)65(49)52)24-43(67)58-36-21-40(22-36)72-45-18-17-39(25-56-45)71-27-44(68)60-48(53(6,7)8)51(70)64-26-38(66)23-42(64)50(69)57-29(2)33-11-15-37(16-12-33)63-20-19-55-31(63)4/h9-20,25,29,36,38,40-42,48,66H,21-24,26-27H2,1-8H3,(H,57,69)(H,58,67)(H,60,68)/t29-,36-,38+,40+,41-,42-,48?/m0/s1. The molecule has 2 aromatic carbocycles. The van der Waals surface area contributed by atoms with Crippen LogP contribution >= 0.6 is 22.9 Å². The van der Waals surface area contributed by atoms with Gasteiger partial charge in [-0.1, -0.05) is 56.6 Å². The highest BCUT2D eigenvalue weighted by Crippen LogP contribution is 2.40. The second kappa shape index (κ2) is 20.9. The lowest BCUT2D eigenvalue weighted by Gasteiger charge is -2.35. The lowest BCUT2D eigenvalue weighted by molar-refractivity contribution is -0.144. The van der Waals surface area contributed by atoms with Crippen LogP contribution in [-0.2, 0) is 19.2 Å². The Morgan fingerprint density at radius 3 is 2.32 bits per heavy atom. The van der Waals surface area contributed by atoms with Crippen LogP contribution in [-0.4, -0.2) is 112 Å². The van der Waals surface area contributed by atoms with Crippen LogP contribution in [0, 0.1) is 33.1 Å². The molecule has 18 nitrogen and oxygen atoms in total. The zero-order valence-corrected chi connectivity index (χ0v) is 43.6. The Morgan fingerprint density at radius 1 is 0.904 bits per heavy atom. The van der Waals surface area contributed by atoms with E-state index in [1.54, 1.807) is 29.7 Å². The fourth-order valence-corrected chi connectivity index (χ4v) is 10.8. The molecule has 1 unspecified atom stereocenters. The van der Waals surface area contributed by atoms with Crippen LogP contribution < -0.4 is 25.4 Å². The molecule has 2 aliphatic heterocycles. The fraction of sp³-hybridized carbons (Fsp3) is 0.415. The third-order valence-electron chi connectivity index (χ3n) is 13.7. The summed E-state index contributed by atoms with van der Waals surface area (Å²) in [6.45, 7) is 14.9. The van der Waals surface area contributed by atoms with Crippen LogP contribution in [0.1, 0.15) is 110 Å². The maximum Gasteiger partial charge on any atom is 0.258 e. The van der Waals surface area contributed by atoms with E-state index in [0.717, 1.165) is 55.2 Å². The number of hydrogen-bond donors (Lipinski definition) is 4. The minimum absolute atomic E-state index is 0.0510. The first-order chi connectivity index (χ1) is 34.8. The normalized spacial score (nSPS) is 20.1. The zero-order chi connectivity index (χ0) is 51.9. The van der Waals surface area contributed by atoms with Gasteiger partial charge < -0.3 is 40.0 Å². The SMILES string of the molecule is Cc1sc2c(c1C)C(c1ccc(Cl)cc1)=N[C@@H](CC(=O)N[C@H]1C[C@@H](Oc3ccc(OCC(=O)NC(C(=O)N4C[C@H](O)C[C@H]4C(=O)N[C@@H](C)c4ccc(-n5ccnc5C)cc4)C(C)(C)C)cn3)C1)c1nnc(C)n1-2. The molecule has 6 aromatic rings. The highest BCUT2D eigenvalue weighted by molar-refractivity contribution is 7.15. The minimum atomic E-state index is -1.03. The lowest BCUT2D eigenvalue weighted by Crippen LogP contribution is -2.58. The molecule has 73 heavy (non-hydrogen) atoms. The van der Waals surface area contributed by atoms with Crippen molar-refractivity contribution in [2.75, 3.05) is 13.2 Å². The summed E-state index contributed by atoms with van der Waals surface area (Å²) >= 11 is 7.92. The summed E-state index contributed by atoms with van der Waals surface area (Å²) in [6, 6.07) is 15.6. The van der Waals surface area contributed by atoms with Gasteiger partial charge in [-0.15, -0.1) is 21.5 Å². The molecule has 20 heteroatoms. The fourth-order valence-electron chi connectivity index (χ4n) is 9.51. The van der Waals surface area contributed by atoms with Gasteiger partial charge in [-0.05, 0) is 81.5 Å². The van der Waals surface area contributed by atoms with E-state index in [1.807, 2.05) is 105 Å². The molecule has 4 aromatic heterocycles. The number of aliphatic hydroxyl groups excluding tert-OH is 1. The molecule has 9 rings (SSSR count). The topological polar surface area (TPSA) is 220 Å². The van der Waals surface area contributed by atoms with Crippen molar-refractivity contribution in [2.24, 2.45) is 10.4 Å². The van der Waals surface area contributed by atoms with E-state index in [9.17, 15) is 24.3 Å². The summed E-state index contributed by atoms with van der Waals surface area (Å²) in [5.74, 6) is 1.27. The van der Waals surface area contributed by atoms with E-state index in [4.69, 9.17) is 26.1 Å². The number of nitrogens with zero attached hydrogens (tertiary/aromatic N) is 8. The van der Waals surface area contributed by atoms with Crippen molar-refractivity contribution in [3.63, 3.8) is 0 Å². The van der Waals surface area contributed by atoms with Gasteiger partial charge in [0.05, 0.1) is 30.5 Å². The molecule has 2 fully saturated rings. The molecular weight excluding hydrogens is 970 g/mol. The number of halogens is 1. The predicted molar refractivity (Wildman–Crippen MR) is 276 cm³/mol. The van der Waals surface area contributed by atoms with Gasteiger partial charge in [0.2, 0.25) is 23.6 Å². The molecule has 3 aliphatic rings. The van der Waals surface area contributed by atoms with Gasteiger partial charge in [0.1, 0.15) is 46.6 Å². The van der Waals surface area contributed by atoms with E-state index < -0.39 is 54.0 Å². The van der Waals surface area contributed by atoms with E-state index in [2.05, 4.69) is 50.0 Å². The van der Waals surface area contributed by atoms with Crippen molar-refractivity contribution >= 4 is 52.3 Å². The number of benzene rings is 2. The number of carbonyl (C=O) groups excluding carboxylic acids is 4. The summed E-state index contributed by atoms with van der Waals surface area (Å²) in [5.41, 5.74) is 4.84. The first-order valence-corrected chi connectivity index (χ1v) is 25.6. The average molecular weight is 1030 g/mol. The van der Waals surface area contributed by atoms with Crippen LogP contribution in [0.2, 0.25) is 5.02 Å². The maximum absolute atomic E-state index is 14.2. The monoisotopic (exact) mass is 1030 g/mol. The first-order valence-electron chi connectivity index (χ1n) is 24.4. The lowest BCUT2D eigenvalue weighted by atomic mass is 9.85. The first kappa shape index (κ1) is 51.0.